The number of aliphatic carboxylic acids is 1. The first-order valence-electron chi connectivity index (χ1n) is 12.1. The van der Waals surface area contributed by atoms with Gasteiger partial charge in [-0.3, -0.25) is 9.59 Å². The number of nitrogens with zero attached hydrogens (tertiary/aromatic N) is 1. The summed E-state index contributed by atoms with van der Waals surface area (Å²) in [6.45, 7) is 10.4. The predicted octanol–water partition coefficient (Wildman–Crippen LogP) is 4.73. The molecule has 35 heavy (non-hydrogen) atoms. The summed E-state index contributed by atoms with van der Waals surface area (Å²) in [7, 11) is 0. The molecule has 2 aromatic carbocycles. The number of aryl methyl sites for hydroxylation is 2. The summed E-state index contributed by atoms with van der Waals surface area (Å²) >= 11 is 0. The Balaban J connectivity index is 1.80. The van der Waals surface area contributed by atoms with E-state index in [-0.39, 0.29) is 18.2 Å². The van der Waals surface area contributed by atoms with Crippen molar-refractivity contribution in [1.82, 2.24) is 10.2 Å². The first kappa shape index (κ1) is 26.2. The van der Waals surface area contributed by atoms with Gasteiger partial charge < -0.3 is 15.3 Å². The van der Waals surface area contributed by atoms with Crippen LogP contribution in [0.5, 0.6) is 0 Å². The van der Waals surface area contributed by atoms with Gasteiger partial charge >= 0.3 is 5.97 Å². The smallest absolute Gasteiger partial charge is 0.326 e. The number of likely N-dealkylation sites (tertiary alicyclic amines) is 1. The summed E-state index contributed by atoms with van der Waals surface area (Å²) in [5.74, 6) is -1.84. The van der Waals surface area contributed by atoms with E-state index < -0.39 is 17.4 Å². The Morgan fingerprint density at radius 1 is 0.914 bits per heavy atom. The van der Waals surface area contributed by atoms with Crippen molar-refractivity contribution in [2.24, 2.45) is 5.41 Å². The monoisotopic (exact) mass is 476 g/mol. The van der Waals surface area contributed by atoms with E-state index in [1.807, 2.05) is 12.1 Å². The number of nitrogens with one attached hydrogen (secondary N) is 1. The second-order valence-corrected chi connectivity index (χ2v) is 10.3. The van der Waals surface area contributed by atoms with Gasteiger partial charge in [-0.2, -0.15) is 0 Å². The molecule has 6 heteroatoms. The first-order chi connectivity index (χ1) is 16.5. The third kappa shape index (κ3) is 6.38. The molecule has 186 valence electrons. The second-order valence-electron chi connectivity index (χ2n) is 10.3. The summed E-state index contributed by atoms with van der Waals surface area (Å²) in [6.07, 6.45) is 1.18. The Morgan fingerprint density at radius 3 is 1.83 bits per heavy atom. The fourth-order valence-corrected chi connectivity index (χ4v) is 4.39. The predicted molar refractivity (Wildman–Crippen MR) is 138 cm³/mol. The van der Waals surface area contributed by atoms with Crippen molar-refractivity contribution in [3.05, 3.63) is 76.4 Å². The number of amides is 2. The number of carboxylic acid groups (broad SMARTS) is 1. The zero-order valence-electron chi connectivity index (χ0n) is 21.4. The molecule has 0 saturated carbocycles. The van der Waals surface area contributed by atoms with Crippen LogP contribution in [0, 0.1) is 19.3 Å². The van der Waals surface area contributed by atoms with E-state index in [4.69, 9.17) is 0 Å². The van der Waals surface area contributed by atoms with E-state index in [0.717, 1.165) is 12.8 Å². The van der Waals surface area contributed by atoms with Gasteiger partial charge in [0.1, 0.15) is 6.04 Å². The molecule has 1 saturated heterocycles. The third-order valence-electron chi connectivity index (χ3n) is 6.57. The zero-order valence-corrected chi connectivity index (χ0v) is 21.4. The molecule has 0 spiro atoms. The molecule has 0 aromatic heterocycles. The minimum Gasteiger partial charge on any atom is -0.480 e. The normalized spacial score (nSPS) is 14.9. The van der Waals surface area contributed by atoms with Gasteiger partial charge in [0.05, 0.1) is 6.42 Å². The molecule has 1 aliphatic rings. The maximum absolute atomic E-state index is 13.0. The molecule has 0 radical (unpaired) electrons. The highest BCUT2D eigenvalue weighted by Crippen LogP contribution is 2.35. The lowest BCUT2D eigenvalue weighted by Gasteiger charge is -2.32. The van der Waals surface area contributed by atoms with E-state index in [1.165, 1.54) is 33.4 Å². The van der Waals surface area contributed by atoms with E-state index >= 15 is 0 Å². The average molecular weight is 477 g/mol. The van der Waals surface area contributed by atoms with Crippen LogP contribution in [-0.4, -0.2) is 46.9 Å². The van der Waals surface area contributed by atoms with Gasteiger partial charge in [0.15, 0.2) is 0 Å². The number of carbonyl (C=O) groups excluding carboxylic acids is 2. The summed E-state index contributed by atoms with van der Waals surface area (Å²) in [5.41, 5.74) is 6.61. The zero-order chi connectivity index (χ0) is 25.8. The molecule has 1 aliphatic heterocycles. The standard InChI is InChI=1S/C29H36N2O4/c1-19-10-6-8-12-22(19)26(23-13-9-7-11-20(23)2)21-14-16-31(17-15-21)25(32)18-24(27(33)34)30-28(35)29(3,4)5/h6-13,24H,14-18H2,1-5H3,(H,30,35)(H,33,34). The van der Waals surface area contributed by atoms with Gasteiger partial charge in [0.25, 0.3) is 0 Å². The number of piperidine rings is 1. The number of benzene rings is 2. The summed E-state index contributed by atoms with van der Waals surface area (Å²) in [4.78, 5) is 38.7. The van der Waals surface area contributed by atoms with Gasteiger partial charge in [-0.25, -0.2) is 4.79 Å². The topological polar surface area (TPSA) is 86.7 Å². The van der Waals surface area contributed by atoms with E-state index in [1.54, 1.807) is 25.7 Å². The van der Waals surface area contributed by atoms with Crippen LogP contribution in [0.25, 0.3) is 5.57 Å². The second kappa shape index (κ2) is 10.9. The fourth-order valence-electron chi connectivity index (χ4n) is 4.39. The maximum Gasteiger partial charge on any atom is 0.326 e. The molecule has 6 nitrogen and oxygen atoms in total. The highest BCUT2D eigenvalue weighted by Gasteiger charge is 2.31. The Kier molecular flexibility index (Phi) is 8.15. The van der Waals surface area contributed by atoms with Crippen LogP contribution in [0.2, 0.25) is 0 Å². The Labute approximate surface area is 208 Å². The van der Waals surface area contributed by atoms with E-state index in [0.29, 0.717) is 13.1 Å². The van der Waals surface area contributed by atoms with Crippen LogP contribution in [-0.2, 0) is 14.4 Å². The molecule has 1 heterocycles. The van der Waals surface area contributed by atoms with Gasteiger partial charge in [-0.15, -0.1) is 0 Å². The van der Waals surface area contributed by atoms with Crippen molar-refractivity contribution in [3.8, 4) is 0 Å². The van der Waals surface area contributed by atoms with Crippen LogP contribution < -0.4 is 5.32 Å². The molecule has 1 unspecified atom stereocenters. The first-order valence-corrected chi connectivity index (χ1v) is 12.1. The fraction of sp³-hybridized carbons (Fsp3) is 0.414. The average Bonchev–Trinajstić information content (AvgIpc) is 2.80. The quantitative estimate of drug-likeness (QED) is 0.631. The van der Waals surface area contributed by atoms with Crippen molar-refractivity contribution < 1.29 is 19.5 Å². The molecule has 2 N–H and O–H groups in total. The van der Waals surface area contributed by atoms with Crippen LogP contribution in [0.1, 0.15) is 62.3 Å². The largest absolute Gasteiger partial charge is 0.480 e. The molecule has 1 fully saturated rings. The van der Waals surface area contributed by atoms with Crippen molar-refractivity contribution in [3.63, 3.8) is 0 Å². The Morgan fingerprint density at radius 2 is 1.40 bits per heavy atom. The third-order valence-corrected chi connectivity index (χ3v) is 6.57. The molecule has 3 rings (SSSR count). The molecule has 1 atom stereocenters. The molecular weight excluding hydrogens is 440 g/mol. The summed E-state index contributed by atoms with van der Waals surface area (Å²) in [5, 5.41) is 12.1. The maximum atomic E-state index is 13.0. The van der Waals surface area contributed by atoms with Gasteiger partial charge in [0, 0.05) is 18.5 Å². The Bertz CT molecular complexity index is 1090. The lowest BCUT2D eigenvalue weighted by Crippen LogP contribution is -2.49. The minimum absolute atomic E-state index is 0.251. The molecule has 2 amide bonds. The van der Waals surface area contributed by atoms with Crippen molar-refractivity contribution in [1.29, 1.82) is 0 Å². The molecule has 2 aromatic rings. The van der Waals surface area contributed by atoms with Crippen molar-refractivity contribution in [2.45, 2.75) is 59.9 Å². The van der Waals surface area contributed by atoms with E-state index in [2.05, 4.69) is 55.6 Å². The van der Waals surface area contributed by atoms with Crippen LogP contribution in [0.15, 0.2) is 54.1 Å². The molecule has 0 aliphatic carbocycles. The SMILES string of the molecule is Cc1ccccc1C(=C1CCN(C(=O)CC(NC(=O)C(C)(C)C)C(=O)O)CC1)c1ccccc1C. The van der Waals surface area contributed by atoms with Crippen LogP contribution >= 0.6 is 0 Å². The molecular formula is C29H36N2O4. The van der Waals surface area contributed by atoms with Crippen LogP contribution in [0.3, 0.4) is 0 Å². The van der Waals surface area contributed by atoms with Gasteiger partial charge in [-0.05, 0) is 54.5 Å². The minimum atomic E-state index is -1.24. The Hall–Kier alpha value is -3.41. The molecule has 0 bridgehead atoms. The summed E-state index contributed by atoms with van der Waals surface area (Å²) < 4.78 is 0. The number of rotatable bonds is 6. The van der Waals surface area contributed by atoms with Gasteiger partial charge in [-0.1, -0.05) is 74.9 Å². The van der Waals surface area contributed by atoms with Crippen molar-refractivity contribution in [2.75, 3.05) is 13.1 Å². The highest BCUT2D eigenvalue weighted by molar-refractivity contribution is 5.90. The number of hydrogen-bond donors (Lipinski definition) is 2. The lowest BCUT2D eigenvalue weighted by atomic mass is 9.85. The number of carboxylic acids is 1. The van der Waals surface area contributed by atoms with Gasteiger partial charge in [0.2, 0.25) is 11.8 Å². The van der Waals surface area contributed by atoms with E-state index in [9.17, 15) is 19.5 Å². The summed E-state index contributed by atoms with van der Waals surface area (Å²) in [6, 6.07) is 15.5. The van der Waals surface area contributed by atoms with Crippen LogP contribution in [0.4, 0.5) is 0 Å². The number of carbonyl (C=O) groups is 3. The number of hydrogen-bond acceptors (Lipinski definition) is 3. The van der Waals surface area contributed by atoms with Crippen molar-refractivity contribution >= 4 is 23.4 Å². The highest BCUT2D eigenvalue weighted by atomic mass is 16.4. The lowest BCUT2D eigenvalue weighted by molar-refractivity contribution is -0.146.